The Morgan fingerprint density at radius 3 is 2.58 bits per heavy atom. The van der Waals surface area contributed by atoms with Crippen LogP contribution in [0.15, 0.2) is 18.2 Å². The molecule has 1 heterocycles. The van der Waals surface area contributed by atoms with E-state index in [0.717, 1.165) is 51.0 Å². The lowest BCUT2D eigenvalue weighted by atomic mass is 10.1. The second-order valence-electron chi connectivity index (χ2n) is 7.14. The third kappa shape index (κ3) is 6.02. The van der Waals surface area contributed by atoms with E-state index < -0.39 is 0 Å². The Morgan fingerprint density at radius 1 is 1.19 bits per heavy atom. The molecular weight excluding hydrogens is 328 g/mol. The van der Waals surface area contributed by atoms with Gasteiger partial charge in [0.1, 0.15) is 0 Å². The fourth-order valence-electron chi connectivity index (χ4n) is 3.17. The zero-order valence-corrected chi connectivity index (χ0v) is 16.3. The summed E-state index contributed by atoms with van der Waals surface area (Å²) in [6.07, 6.45) is 4.50. The second-order valence-corrected chi connectivity index (χ2v) is 7.14. The van der Waals surface area contributed by atoms with Crippen LogP contribution in [0.4, 0.5) is 11.4 Å². The number of amides is 2. The fourth-order valence-corrected chi connectivity index (χ4v) is 3.17. The second kappa shape index (κ2) is 10.2. The summed E-state index contributed by atoms with van der Waals surface area (Å²) in [5.74, 6) is -0.0870. The normalized spacial score (nSPS) is 13.9. The number of carbonyl (C=O) groups is 2. The first-order valence-electron chi connectivity index (χ1n) is 9.63. The number of carbonyl (C=O) groups excluding carboxylic acids is 2. The van der Waals surface area contributed by atoms with Crippen molar-refractivity contribution in [2.45, 2.75) is 39.0 Å². The van der Waals surface area contributed by atoms with E-state index in [1.165, 1.54) is 0 Å². The van der Waals surface area contributed by atoms with Crippen molar-refractivity contribution in [3.05, 3.63) is 23.8 Å². The topological polar surface area (TPSA) is 64.7 Å². The van der Waals surface area contributed by atoms with E-state index in [9.17, 15) is 9.59 Å². The van der Waals surface area contributed by atoms with Crippen molar-refractivity contribution in [1.82, 2.24) is 10.2 Å². The molecule has 2 N–H and O–H groups in total. The summed E-state index contributed by atoms with van der Waals surface area (Å²) < 4.78 is 0. The van der Waals surface area contributed by atoms with Gasteiger partial charge in [-0.05, 0) is 64.5 Å². The van der Waals surface area contributed by atoms with Gasteiger partial charge in [-0.2, -0.15) is 0 Å². The smallest absolute Gasteiger partial charge is 0.253 e. The Hall–Kier alpha value is -2.08. The van der Waals surface area contributed by atoms with E-state index in [2.05, 4.69) is 20.4 Å². The molecule has 0 radical (unpaired) electrons. The number of hydrogen-bond donors (Lipinski definition) is 2. The number of anilines is 2. The average molecular weight is 361 g/mol. The van der Waals surface area contributed by atoms with E-state index in [1.807, 2.05) is 39.2 Å². The molecule has 1 aromatic carbocycles. The van der Waals surface area contributed by atoms with Gasteiger partial charge in [0.2, 0.25) is 5.91 Å². The number of hydrogen-bond acceptors (Lipinski definition) is 4. The van der Waals surface area contributed by atoms with Crippen LogP contribution in [0.25, 0.3) is 0 Å². The molecule has 0 unspecified atom stereocenters. The molecular formula is C20H32N4O2. The van der Waals surface area contributed by atoms with E-state index >= 15 is 0 Å². The predicted octanol–water partition coefficient (Wildman–Crippen LogP) is 2.71. The van der Waals surface area contributed by atoms with E-state index in [4.69, 9.17) is 0 Å². The third-order valence-electron chi connectivity index (χ3n) is 4.52. The van der Waals surface area contributed by atoms with Crippen molar-refractivity contribution < 1.29 is 9.59 Å². The monoisotopic (exact) mass is 360 g/mol. The van der Waals surface area contributed by atoms with Crippen LogP contribution in [-0.2, 0) is 4.79 Å². The molecule has 1 saturated heterocycles. The molecule has 0 atom stereocenters. The third-order valence-corrected chi connectivity index (χ3v) is 4.52. The van der Waals surface area contributed by atoms with Gasteiger partial charge in [-0.25, -0.2) is 0 Å². The summed E-state index contributed by atoms with van der Waals surface area (Å²) in [5, 5.41) is 5.91. The molecule has 6 nitrogen and oxygen atoms in total. The van der Waals surface area contributed by atoms with Gasteiger partial charge in [0.05, 0.1) is 5.56 Å². The maximum atomic E-state index is 12.8. The van der Waals surface area contributed by atoms with Crippen molar-refractivity contribution in [2.24, 2.45) is 0 Å². The number of rotatable bonds is 9. The lowest BCUT2D eigenvalue weighted by Gasteiger charge is -2.22. The van der Waals surface area contributed by atoms with E-state index in [1.54, 1.807) is 0 Å². The summed E-state index contributed by atoms with van der Waals surface area (Å²) in [6.45, 7) is 5.50. The summed E-state index contributed by atoms with van der Waals surface area (Å²) in [5.41, 5.74) is 2.29. The summed E-state index contributed by atoms with van der Waals surface area (Å²) in [6, 6.07) is 5.66. The number of benzene rings is 1. The molecule has 1 fully saturated rings. The predicted molar refractivity (Wildman–Crippen MR) is 107 cm³/mol. The van der Waals surface area contributed by atoms with Gasteiger partial charge in [-0.1, -0.05) is 6.92 Å². The fraction of sp³-hybridized carbons (Fsp3) is 0.600. The molecule has 0 saturated carbocycles. The zero-order chi connectivity index (χ0) is 18.9. The van der Waals surface area contributed by atoms with E-state index in [0.29, 0.717) is 24.2 Å². The first-order valence-corrected chi connectivity index (χ1v) is 9.63. The zero-order valence-electron chi connectivity index (χ0n) is 16.3. The van der Waals surface area contributed by atoms with Gasteiger partial charge in [0.25, 0.3) is 5.91 Å². The van der Waals surface area contributed by atoms with Crippen LogP contribution >= 0.6 is 0 Å². The largest absolute Gasteiger partial charge is 0.371 e. The summed E-state index contributed by atoms with van der Waals surface area (Å²) in [4.78, 5) is 29.0. The quantitative estimate of drug-likeness (QED) is 0.665. The lowest BCUT2D eigenvalue weighted by Crippen LogP contribution is -2.29. The molecule has 0 aromatic heterocycles. The van der Waals surface area contributed by atoms with E-state index in [-0.39, 0.29) is 11.8 Å². The van der Waals surface area contributed by atoms with Crippen molar-refractivity contribution in [2.75, 3.05) is 50.5 Å². The Bertz CT molecular complexity index is 610. The first kappa shape index (κ1) is 20.2. The summed E-state index contributed by atoms with van der Waals surface area (Å²) in [7, 11) is 4.05. The van der Waals surface area contributed by atoms with Crippen LogP contribution in [0.5, 0.6) is 0 Å². The minimum atomic E-state index is -0.0720. The van der Waals surface area contributed by atoms with Crippen LogP contribution in [0.2, 0.25) is 0 Å². The first-order chi connectivity index (χ1) is 12.5. The van der Waals surface area contributed by atoms with Crippen LogP contribution in [0.3, 0.4) is 0 Å². The Labute approximate surface area is 156 Å². The average Bonchev–Trinajstić information content (AvgIpc) is 3.13. The molecule has 2 amide bonds. The molecule has 2 rings (SSSR count). The summed E-state index contributed by atoms with van der Waals surface area (Å²) >= 11 is 0. The Morgan fingerprint density at radius 2 is 1.92 bits per heavy atom. The van der Waals surface area contributed by atoms with Crippen LogP contribution in [0, 0.1) is 0 Å². The minimum Gasteiger partial charge on any atom is -0.371 e. The van der Waals surface area contributed by atoms with Gasteiger partial charge < -0.3 is 20.4 Å². The SMILES string of the molecule is CCCC(=O)Nc1ccc(N2CCCC2)c(C(=O)NCCCN(C)C)c1. The van der Waals surface area contributed by atoms with Gasteiger partial charge in [-0.3, -0.25) is 9.59 Å². The molecule has 1 aliphatic rings. The molecule has 144 valence electrons. The van der Waals surface area contributed by atoms with Gasteiger partial charge >= 0.3 is 0 Å². The number of nitrogens with one attached hydrogen (secondary N) is 2. The number of nitrogens with zero attached hydrogens (tertiary/aromatic N) is 2. The van der Waals surface area contributed by atoms with Crippen LogP contribution < -0.4 is 15.5 Å². The molecule has 0 aliphatic carbocycles. The van der Waals surface area contributed by atoms with Gasteiger partial charge in [0, 0.05) is 37.4 Å². The van der Waals surface area contributed by atoms with Crippen molar-refractivity contribution >= 4 is 23.2 Å². The lowest BCUT2D eigenvalue weighted by molar-refractivity contribution is -0.116. The highest BCUT2D eigenvalue weighted by Crippen LogP contribution is 2.27. The maximum Gasteiger partial charge on any atom is 0.253 e. The Kier molecular flexibility index (Phi) is 7.91. The highest BCUT2D eigenvalue weighted by molar-refractivity contribution is 6.02. The maximum absolute atomic E-state index is 12.8. The molecule has 1 aliphatic heterocycles. The Balaban J connectivity index is 2.12. The van der Waals surface area contributed by atoms with Crippen LogP contribution in [0.1, 0.15) is 49.4 Å². The van der Waals surface area contributed by atoms with Crippen molar-refractivity contribution in [1.29, 1.82) is 0 Å². The molecule has 0 bridgehead atoms. The van der Waals surface area contributed by atoms with Crippen molar-refractivity contribution in [3.8, 4) is 0 Å². The standard InChI is InChI=1S/C20H32N4O2/c1-4-8-19(25)22-16-9-10-18(24-13-5-6-14-24)17(15-16)20(26)21-11-7-12-23(2)3/h9-10,15H,4-8,11-14H2,1-3H3,(H,21,26)(H,22,25). The van der Waals surface area contributed by atoms with Gasteiger partial charge in [0.15, 0.2) is 0 Å². The molecule has 26 heavy (non-hydrogen) atoms. The highest BCUT2D eigenvalue weighted by Gasteiger charge is 2.20. The van der Waals surface area contributed by atoms with Crippen LogP contribution in [-0.4, -0.2) is 57.0 Å². The molecule has 6 heteroatoms. The minimum absolute atomic E-state index is 0.0150. The van der Waals surface area contributed by atoms with Gasteiger partial charge in [-0.15, -0.1) is 0 Å². The van der Waals surface area contributed by atoms with Crippen molar-refractivity contribution in [3.63, 3.8) is 0 Å². The molecule has 0 spiro atoms. The molecule has 1 aromatic rings. The highest BCUT2D eigenvalue weighted by atomic mass is 16.2.